The van der Waals surface area contributed by atoms with Gasteiger partial charge in [0.1, 0.15) is 5.75 Å². The van der Waals surface area contributed by atoms with Gasteiger partial charge in [0.05, 0.1) is 0 Å². The average molecular weight is 374 g/mol. The van der Waals surface area contributed by atoms with Crippen LogP contribution in [0.15, 0.2) is 72.8 Å². The van der Waals surface area contributed by atoms with Gasteiger partial charge in [0.2, 0.25) is 0 Å². The molecule has 3 rings (SSSR count). The molecule has 0 heterocycles. The maximum Gasteiger partial charge on any atom is 0.262 e. The summed E-state index contributed by atoms with van der Waals surface area (Å²) in [5.74, 6) is 0.143. The van der Waals surface area contributed by atoms with E-state index in [0.717, 1.165) is 16.8 Å². The maximum atomic E-state index is 12.1. The van der Waals surface area contributed by atoms with Crippen molar-refractivity contribution in [3.05, 3.63) is 89.5 Å². The van der Waals surface area contributed by atoms with Gasteiger partial charge >= 0.3 is 0 Å². The van der Waals surface area contributed by atoms with Crippen molar-refractivity contribution >= 4 is 23.2 Å². The lowest BCUT2D eigenvalue weighted by Gasteiger charge is -2.11. The minimum absolute atomic E-state index is 0.0942. The molecule has 0 saturated carbocycles. The number of carbonyl (C=O) groups excluding carboxylic acids is 2. The van der Waals surface area contributed by atoms with Gasteiger partial charge < -0.3 is 15.4 Å². The summed E-state index contributed by atoms with van der Waals surface area (Å²) in [6, 6.07) is 21.7. The molecule has 0 radical (unpaired) electrons. The summed E-state index contributed by atoms with van der Waals surface area (Å²) in [4.78, 5) is 24.2. The first-order valence-electron chi connectivity index (χ1n) is 8.97. The van der Waals surface area contributed by atoms with Gasteiger partial charge in [-0.15, -0.1) is 0 Å². The number of nitrogens with one attached hydrogen (secondary N) is 2. The normalized spacial score (nSPS) is 10.2. The number of rotatable bonds is 6. The van der Waals surface area contributed by atoms with E-state index in [1.807, 2.05) is 50.2 Å². The molecule has 142 valence electrons. The molecular formula is C23H22N2O3. The van der Waals surface area contributed by atoms with E-state index in [9.17, 15) is 9.59 Å². The molecule has 5 nitrogen and oxygen atoms in total. The first-order valence-corrected chi connectivity index (χ1v) is 8.97. The SMILES string of the molecule is Cc1ccc(NC(=O)COc2ccc(NC(=O)c3ccccc3)cc2)c(C)c1. The average Bonchev–Trinajstić information content (AvgIpc) is 2.70. The smallest absolute Gasteiger partial charge is 0.262 e. The van der Waals surface area contributed by atoms with Crippen molar-refractivity contribution in [2.24, 2.45) is 0 Å². The van der Waals surface area contributed by atoms with Crippen LogP contribution in [0.25, 0.3) is 0 Å². The van der Waals surface area contributed by atoms with Gasteiger partial charge in [-0.1, -0.05) is 35.9 Å². The Labute approximate surface area is 164 Å². The molecule has 3 aromatic carbocycles. The zero-order chi connectivity index (χ0) is 19.9. The highest BCUT2D eigenvalue weighted by molar-refractivity contribution is 6.04. The molecule has 2 N–H and O–H groups in total. The minimum Gasteiger partial charge on any atom is -0.484 e. The Balaban J connectivity index is 1.51. The molecule has 0 aliphatic heterocycles. The van der Waals surface area contributed by atoms with E-state index in [1.54, 1.807) is 36.4 Å². The molecular weight excluding hydrogens is 352 g/mol. The monoisotopic (exact) mass is 374 g/mol. The van der Waals surface area contributed by atoms with E-state index >= 15 is 0 Å². The third-order valence-corrected chi connectivity index (χ3v) is 4.17. The highest BCUT2D eigenvalue weighted by atomic mass is 16.5. The summed E-state index contributed by atoms with van der Waals surface area (Å²) < 4.78 is 5.52. The minimum atomic E-state index is -0.228. The quantitative estimate of drug-likeness (QED) is 0.664. The first-order chi connectivity index (χ1) is 13.5. The van der Waals surface area contributed by atoms with E-state index in [4.69, 9.17) is 4.74 Å². The van der Waals surface area contributed by atoms with Crippen molar-refractivity contribution < 1.29 is 14.3 Å². The maximum absolute atomic E-state index is 12.1. The molecule has 3 aromatic rings. The standard InChI is InChI=1S/C23H22N2O3/c1-16-8-13-21(17(2)14-16)25-22(26)15-28-20-11-9-19(10-12-20)24-23(27)18-6-4-3-5-7-18/h3-14H,15H2,1-2H3,(H,24,27)(H,25,26). The van der Waals surface area contributed by atoms with Crippen LogP contribution >= 0.6 is 0 Å². The zero-order valence-corrected chi connectivity index (χ0v) is 15.9. The van der Waals surface area contributed by atoms with E-state index < -0.39 is 0 Å². The van der Waals surface area contributed by atoms with E-state index in [-0.39, 0.29) is 18.4 Å². The Hall–Kier alpha value is -3.60. The summed E-state index contributed by atoms with van der Waals surface area (Å²) in [7, 11) is 0. The van der Waals surface area contributed by atoms with Crippen molar-refractivity contribution in [1.29, 1.82) is 0 Å². The second-order valence-corrected chi connectivity index (χ2v) is 6.50. The van der Waals surface area contributed by atoms with Crippen molar-refractivity contribution in [3.8, 4) is 5.75 Å². The van der Waals surface area contributed by atoms with Crippen LogP contribution in [-0.2, 0) is 4.79 Å². The van der Waals surface area contributed by atoms with E-state index in [0.29, 0.717) is 17.0 Å². The van der Waals surface area contributed by atoms with Gasteiger partial charge in [-0.2, -0.15) is 0 Å². The number of aryl methyl sites for hydroxylation is 2. The van der Waals surface area contributed by atoms with Gasteiger partial charge in [-0.05, 0) is 61.9 Å². The molecule has 28 heavy (non-hydrogen) atoms. The summed E-state index contributed by atoms with van der Waals surface area (Å²) in [6.45, 7) is 3.86. The predicted octanol–water partition coefficient (Wildman–Crippen LogP) is 4.57. The number of hydrogen-bond donors (Lipinski definition) is 2. The van der Waals surface area contributed by atoms with Crippen LogP contribution in [0.5, 0.6) is 5.75 Å². The summed E-state index contributed by atoms with van der Waals surface area (Å²) in [6.07, 6.45) is 0. The third-order valence-electron chi connectivity index (χ3n) is 4.17. The molecule has 0 aliphatic carbocycles. The number of hydrogen-bond acceptors (Lipinski definition) is 3. The predicted molar refractivity (Wildman–Crippen MR) is 111 cm³/mol. The number of anilines is 2. The van der Waals surface area contributed by atoms with Crippen molar-refractivity contribution in [2.75, 3.05) is 17.2 Å². The Morgan fingerprint density at radius 3 is 2.25 bits per heavy atom. The van der Waals surface area contributed by atoms with Gasteiger partial charge in [0.25, 0.3) is 11.8 Å². The molecule has 0 fully saturated rings. The van der Waals surface area contributed by atoms with E-state index in [1.165, 1.54) is 0 Å². The third kappa shape index (κ3) is 5.20. The number of benzene rings is 3. The first kappa shape index (κ1) is 19.2. The lowest BCUT2D eigenvalue weighted by molar-refractivity contribution is -0.118. The molecule has 0 bridgehead atoms. The molecule has 2 amide bonds. The van der Waals surface area contributed by atoms with Gasteiger partial charge in [-0.3, -0.25) is 9.59 Å². The van der Waals surface area contributed by atoms with Crippen LogP contribution in [0.4, 0.5) is 11.4 Å². The molecule has 0 aliphatic rings. The van der Waals surface area contributed by atoms with Crippen LogP contribution in [-0.4, -0.2) is 18.4 Å². The number of carbonyl (C=O) groups is 2. The molecule has 0 saturated heterocycles. The molecule has 0 unspecified atom stereocenters. The Kier molecular flexibility index (Phi) is 6.07. The van der Waals surface area contributed by atoms with Crippen LogP contribution in [0.1, 0.15) is 21.5 Å². The van der Waals surface area contributed by atoms with Crippen LogP contribution < -0.4 is 15.4 Å². The summed E-state index contributed by atoms with van der Waals surface area (Å²) in [5, 5.41) is 5.66. The fourth-order valence-corrected chi connectivity index (χ4v) is 2.72. The second kappa shape index (κ2) is 8.86. The lowest BCUT2D eigenvalue weighted by atomic mass is 10.1. The Morgan fingerprint density at radius 2 is 1.57 bits per heavy atom. The summed E-state index contributed by atoms with van der Waals surface area (Å²) in [5.41, 5.74) is 4.17. The van der Waals surface area contributed by atoms with Crippen molar-refractivity contribution in [2.45, 2.75) is 13.8 Å². The molecule has 5 heteroatoms. The zero-order valence-electron chi connectivity index (χ0n) is 15.9. The number of amides is 2. The topological polar surface area (TPSA) is 67.4 Å². The highest BCUT2D eigenvalue weighted by Gasteiger charge is 2.07. The van der Waals surface area contributed by atoms with Crippen LogP contribution in [0, 0.1) is 13.8 Å². The van der Waals surface area contributed by atoms with Crippen LogP contribution in [0.3, 0.4) is 0 Å². The van der Waals surface area contributed by atoms with Gasteiger partial charge in [-0.25, -0.2) is 0 Å². The Morgan fingerprint density at radius 1 is 0.857 bits per heavy atom. The fraction of sp³-hybridized carbons (Fsp3) is 0.130. The van der Waals surface area contributed by atoms with Gasteiger partial charge in [0.15, 0.2) is 6.61 Å². The van der Waals surface area contributed by atoms with Crippen LogP contribution in [0.2, 0.25) is 0 Å². The van der Waals surface area contributed by atoms with Gasteiger partial charge in [0, 0.05) is 16.9 Å². The Bertz CT molecular complexity index is 967. The fourth-order valence-electron chi connectivity index (χ4n) is 2.72. The summed E-state index contributed by atoms with van der Waals surface area (Å²) >= 11 is 0. The molecule has 0 aromatic heterocycles. The molecule has 0 spiro atoms. The molecule has 0 atom stereocenters. The van der Waals surface area contributed by atoms with E-state index in [2.05, 4.69) is 10.6 Å². The largest absolute Gasteiger partial charge is 0.484 e. The second-order valence-electron chi connectivity index (χ2n) is 6.50. The number of ether oxygens (including phenoxy) is 1. The van der Waals surface area contributed by atoms with Crippen molar-refractivity contribution in [3.63, 3.8) is 0 Å². The van der Waals surface area contributed by atoms with Crippen molar-refractivity contribution in [1.82, 2.24) is 0 Å². The lowest BCUT2D eigenvalue weighted by Crippen LogP contribution is -2.20. The highest BCUT2D eigenvalue weighted by Crippen LogP contribution is 2.18.